The van der Waals surface area contributed by atoms with E-state index in [0.717, 1.165) is 0 Å². The fraction of sp³-hybridized carbons (Fsp3) is 0. The molecule has 31 heavy (non-hydrogen) atoms. The summed E-state index contributed by atoms with van der Waals surface area (Å²) in [6, 6.07) is 5.48. The SMILES string of the molecule is O=C1C(=C/C=C/C=C/C2=C([O-])c3cc(Cl)c(Cl)cc3C2=O)C(=O)c2cc(Cl)c(Cl)cc21. The second-order valence-electron chi connectivity index (χ2n) is 6.68. The van der Waals surface area contributed by atoms with Crippen molar-refractivity contribution in [3.05, 3.63) is 108 Å². The van der Waals surface area contributed by atoms with E-state index in [2.05, 4.69) is 0 Å². The van der Waals surface area contributed by atoms with E-state index in [1.54, 1.807) is 0 Å². The van der Waals surface area contributed by atoms with Crippen LogP contribution in [0.4, 0.5) is 0 Å². The van der Waals surface area contributed by atoms with Crippen molar-refractivity contribution < 1.29 is 19.5 Å². The van der Waals surface area contributed by atoms with Gasteiger partial charge in [0, 0.05) is 22.3 Å². The highest BCUT2D eigenvalue weighted by molar-refractivity contribution is 6.45. The van der Waals surface area contributed by atoms with Crippen molar-refractivity contribution >= 4 is 69.5 Å². The molecule has 2 aromatic rings. The van der Waals surface area contributed by atoms with E-state index in [4.69, 9.17) is 46.4 Å². The highest BCUT2D eigenvalue weighted by Gasteiger charge is 2.33. The van der Waals surface area contributed by atoms with Gasteiger partial charge in [0.05, 0.1) is 25.7 Å². The molecule has 0 N–H and O–H groups in total. The fourth-order valence-electron chi connectivity index (χ4n) is 3.30. The molecule has 0 spiro atoms. The predicted molar refractivity (Wildman–Crippen MR) is 119 cm³/mol. The predicted octanol–water partition coefficient (Wildman–Crippen LogP) is 5.69. The highest BCUT2D eigenvalue weighted by atomic mass is 35.5. The van der Waals surface area contributed by atoms with E-state index < -0.39 is 23.1 Å². The summed E-state index contributed by atoms with van der Waals surface area (Å²) < 4.78 is 0. The molecule has 0 radical (unpaired) electrons. The minimum absolute atomic E-state index is 0.0321. The molecule has 0 amide bonds. The maximum Gasteiger partial charge on any atom is 0.197 e. The summed E-state index contributed by atoms with van der Waals surface area (Å²) in [5.41, 5.74) is 0.722. The van der Waals surface area contributed by atoms with Crippen LogP contribution in [-0.4, -0.2) is 17.3 Å². The second-order valence-corrected chi connectivity index (χ2v) is 8.31. The number of halogens is 4. The van der Waals surface area contributed by atoms with E-state index in [1.807, 2.05) is 0 Å². The first-order chi connectivity index (χ1) is 14.7. The average Bonchev–Trinajstić information content (AvgIpc) is 3.08. The summed E-state index contributed by atoms with van der Waals surface area (Å²) in [7, 11) is 0. The topological polar surface area (TPSA) is 74.3 Å². The number of Topliss-reactive ketones (excluding diaryl/α,β-unsaturated/α-hetero) is 3. The van der Waals surface area contributed by atoms with E-state index in [-0.39, 0.29) is 53.5 Å². The van der Waals surface area contributed by atoms with Gasteiger partial charge in [-0.3, -0.25) is 14.4 Å². The normalized spacial score (nSPS) is 15.6. The summed E-state index contributed by atoms with van der Waals surface area (Å²) in [6.45, 7) is 0. The van der Waals surface area contributed by atoms with Crippen LogP contribution in [0.1, 0.15) is 36.6 Å². The molecule has 0 atom stereocenters. The second kappa shape index (κ2) is 8.13. The first-order valence-corrected chi connectivity index (χ1v) is 10.3. The van der Waals surface area contributed by atoms with Crippen LogP contribution in [0.25, 0.3) is 5.76 Å². The Labute approximate surface area is 196 Å². The van der Waals surface area contributed by atoms with Crippen LogP contribution in [-0.2, 0) is 0 Å². The molecule has 4 rings (SSSR count). The maximum absolute atomic E-state index is 12.5. The number of allylic oxidation sites excluding steroid dienone is 7. The molecule has 0 fully saturated rings. The van der Waals surface area contributed by atoms with Gasteiger partial charge in [-0.2, -0.15) is 0 Å². The third-order valence-electron chi connectivity index (χ3n) is 4.83. The molecule has 0 aliphatic heterocycles. The molecule has 8 heteroatoms. The first-order valence-electron chi connectivity index (χ1n) is 8.79. The number of hydrogen-bond donors (Lipinski definition) is 0. The van der Waals surface area contributed by atoms with Crippen molar-refractivity contribution in [3.8, 4) is 0 Å². The lowest BCUT2D eigenvalue weighted by Gasteiger charge is -2.10. The Kier molecular flexibility index (Phi) is 5.67. The zero-order valence-electron chi connectivity index (χ0n) is 15.3. The lowest BCUT2D eigenvalue weighted by Crippen LogP contribution is -2.02. The standard InChI is InChI=1S/C23H10Cl4O4/c24-16-6-12-13(7-17(16)25)21(29)10(20(12)28)4-2-1-3-5-11-22(30)14-8-18(26)19(27)9-15(14)23(11)31/h1-9,28H/p-1/b3-1+,4-2+. The Morgan fingerprint density at radius 2 is 1.06 bits per heavy atom. The molecule has 0 heterocycles. The Morgan fingerprint density at radius 1 is 0.613 bits per heavy atom. The summed E-state index contributed by atoms with van der Waals surface area (Å²) in [6.07, 6.45) is 7.12. The lowest BCUT2D eigenvalue weighted by atomic mass is 10.1. The molecule has 0 saturated carbocycles. The van der Waals surface area contributed by atoms with Gasteiger partial charge >= 0.3 is 0 Å². The molecular weight excluding hydrogens is 482 g/mol. The molecule has 4 nitrogen and oxygen atoms in total. The summed E-state index contributed by atoms with van der Waals surface area (Å²) in [5, 5.41) is 13.2. The first kappa shape index (κ1) is 21.6. The van der Waals surface area contributed by atoms with Crippen LogP contribution in [0.5, 0.6) is 0 Å². The van der Waals surface area contributed by atoms with Gasteiger partial charge in [0.1, 0.15) is 0 Å². The molecule has 0 unspecified atom stereocenters. The minimum Gasteiger partial charge on any atom is -0.872 e. The highest BCUT2D eigenvalue weighted by Crippen LogP contribution is 2.36. The average molecular weight is 491 g/mol. The molecular formula is C23H9Cl4O4-. The van der Waals surface area contributed by atoms with Crippen molar-refractivity contribution in [2.75, 3.05) is 0 Å². The van der Waals surface area contributed by atoms with Gasteiger partial charge in [0.15, 0.2) is 17.3 Å². The van der Waals surface area contributed by atoms with Gasteiger partial charge in [-0.1, -0.05) is 76.5 Å². The minimum atomic E-state index is -0.452. The van der Waals surface area contributed by atoms with E-state index in [0.29, 0.717) is 0 Å². The number of ketones is 3. The van der Waals surface area contributed by atoms with E-state index >= 15 is 0 Å². The maximum atomic E-state index is 12.5. The molecule has 0 bridgehead atoms. The van der Waals surface area contributed by atoms with E-state index in [9.17, 15) is 19.5 Å². The molecule has 2 aromatic carbocycles. The van der Waals surface area contributed by atoms with Gasteiger partial charge in [0.25, 0.3) is 0 Å². The third kappa shape index (κ3) is 3.66. The van der Waals surface area contributed by atoms with Crippen LogP contribution in [0.3, 0.4) is 0 Å². The summed E-state index contributed by atoms with van der Waals surface area (Å²) in [5.74, 6) is -1.81. The number of benzene rings is 2. The Balaban J connectivity index is 1.55. The monoisotopic (exact) mass is 489 g/mol. The van der Waals surface area contributed by atoms with Crippen molar-refractivity contribution in [1.29, 1.82) is 0 Å². The van der Waals surface area contributed by atoms with Gasteiger partial charge in [-0.25, -0.2) is 0 Å². The zero-order valence-corrected chi connectivity index (χ0v) is 18.4. The van der Waals surface area contributed by atoms with Gasteiger partial charge in [-0.15, -0.1) is 0 Å². The van der Waals surface area contributed by atoms with E-state index in [1.165, 1.54) is 54.6 Å². The molecule has 0 saturated heterocycles. The molecule has 2 aliphatic rings. The Morgan fingerprint density at radius 3 is 1.58 bits per heavy atom. The van der Waals surface area contributed by atoms with Gasteiger partial charge in [-0.05, 0) is 35.9 Å². The number of rotatable bonds is 3. The molecule has 2 aliphatic carbocycles. The van der Waals surface area contributed by atoms with Crippen molar-refractivity contribution in [3.63, 3.8) is 0 Å². The van der Waals surface area contributed by atoms with Crippen LogP contribution in [0, 0.1) is 0 Å². The number of fused-ring (bicyclic) bond motifs is 2. The quantitative estimate of drug-likeness (QED) is 0.315. The molecule has 0 aromatic heterocycles. The summed E-state index contributed by atoms with van der Waals surface area (Å²) >= 11 is 23.7. The van der Waals surface area contributed by atoms with Crippen molar-refractivity contribution in [2.45, 2.75) is 0 Å². The number of hydrogen-bond acceptors (Lipinski definition) is 4. The van der Waals surface area contributed by atoms with Crippen molar-refractivity contribution in [1.82, 2.24) is 0 Å². The summed E-state index contributed by atoms with van der Waals surface area (Å²) in [4.78, 5) is 37.4. The largest absolute Gasteiger partial charge is 0.872 e. The molecule has 154 valence electrons. The Bertz CT molecular complexity index is 1290. The zero-order chi connectivity index (χ0) is 22.4. The van der Waals surface area contributed by atoms with Gasteiger partial charge < -0.3 is 5.11 Å². The number of carbonyl (C=O) groups excluding carboxylic acids is 3. The van der Waals surface area contributed by atoms with Crippen LogP contribution < -0.4 is 5.11 Å². The lowest BCUT2D eigenvalue weighted by molar-refractivity contribution is -0.244. The van der Waals surface area contributed by atoms with Crippen molar-refractivity contribution in [2.24, 2.45) is 0 Å². The van der Waals surface area contributed by atoms with Crippen LogP contribution >= 0.6 is 46.4 Å². The van der Waals surface area contributed by atoms with Gasteiger partial charge in [0.2, 0.25) is 0 Å². The van der Waals surface area contributed by atoms with Crippen LogP contribution in [0.2, 0.25) is 20.1 Å². The Hall–Kier alpha value is -2.63. The smallest absolute Gasteiger partial charge is 0.197 e. The third-order valence-corrected chi connectivity index (χ3v) is 6.27. The number of carbonyl (C=O) groups is 3. The van der Waals surface area contributed by atoms with Crippen LogP contribution in [0.15, 0.2) is 65.8 Å². The fourth-order valence-corrected chi connectivity index (χ4v) is 3.96.